The first-order valence-corrected chi connectivity index (χ1v) is 6.94. The van der Waals surface area contributed by atoms with Crippen molar-refractivity contribution in [3.8, 4) is 5.75 Å². The largest absolute Gasteiger partial charge is 0.508 e. The van der Waals surface area contributed by atoms with Crippen molar-refractivity contribution in [2.75, 3.05) is 11.9 Å². The van der Waals surface area contributed by atoms with Crippen LogP contribution in [0.5, 0.6) is 5.75 Å². The van der Waals surface area contributed by atoms with Crippen molar-refractivity contribution < 1.29 is 9.90 Å². The second-order valence-electron chi connectivity index (χ2n) is 5.13. The fourth-order valence-corrected chi connectivity index (χ4v) is 1.87. The molecule has 3 N–H and O–H groups in total. The summed E-state index contributed by atoms with van der Waals surface area (Å²) in [5, 5.41) is 16.0. The Hall–Kier alpha value is -1.81. The first kappa shape index (κ1) is 16.2. The van der Waals surface area contributed by atoms with E-state index in [1.807, 2.05) is 20.8 Å². The Morgan fingerprint density at radius 2 is 2.15 bits per heavy atom. The number of aromatic hydroxyl groups is 1. The summed E-state index contributed by atoms with van der Waals surface area (Å²) >= 11 is 0. The molecular weight excluding hydrogens is 252 g/mol. The standard InChI is InChI=1S/C16H24N2O2/c1-5-6-16(20)18-13-7-8-15(19)14(9-13)12(4)17-10-11(2)3/h7-9,12,17,19H,2,5-6,10H2,1,3-4H3,(H,18,20). The number of benzene rings is 1. The normalized spacial score (nSPS) is 11.9. The predicted octanol–water partition coefficient (Wildman–Crippen LogP) is 3.36. The first-order valence-electron chi connectivity index (χ1n) is 6.94. The number of carbonyl (C=O) groups excluding carboxylic acids is 1. The molecule has 1 rings (SSSR count). The smallest absolute Gasteiger partial charge is 0.224 e. The van der Waals surface area contributed by atoms with Gasteiger partial charge in [-0.2, -0.15) is 0 Å². The van der Waals surface area contributed by atoms with E-state index in [-0.39, 0.29) is 17.7 Å². The number of carbonyl (C=O) groups is 1. The highest BCUT2D eigenvalue weighted by atomic mass is 16.3. The van der Waals surface area contributed by atoms with Crippen molar-refractivity contribution in [1.82, 2.24) is 5.32 Å². The first-order chi connectivity index (χ1) is 9.43. The molecule has 0 aliphatic heterocycles. The molecule has 1 amide bonds. The van der Waals surface area contributed by atoms with Crippen LogP contribution in [0.3, 0.4) is 0 Å². The van der Waals surface area contributed by atoms with E-state index >= 15 is 0 Å². The Labute approximate surface area is 120 Å². The van der Waals surface area contributed by atoms with Crippen LogP contribution in [0.25, 0.3) is 0 Å². The summed E-state index contributed by atoms with van der Waals surface area (Å²) in [6, 6.07) is 5.10. The molecule has 1 atom stereocenters. The van der Waals surface area contributed by atoms with E-state index in [1.165, 1.54) is 0 Å². The number of rotatable bonds is 7. The lowest BCUT2D eigenvalue weighted by Gasteiger charge is -2.17. The fourth-order valence-electron chi connectivity index (χ4n) is 1.87. The molecule has 0 aliphatic rings. The topological polar surface area (TPSA) is 61.4 Å². The van der Waals surface area contributed by atoms with E-state index in [4.69, 9.17) is 0 Å². The van der Waals surface area contributed by atoms with Gasteiger partial charge in [0.2, 0.25) is 5.91 Å². The minimum absolute atomic E-state index is 0.00770. The third kappa shape index (κ3) is 5.05. The maximum Gasteiger partial charge on any atom is 0.224 e. The summed E-state index contributed by atoms with van der Waals surface area (Å²) in [7, 11) is 0. The Morgan fingerprint density at radius 1 is 1.45 bits per heavy atom. The molecule has 0 spiro atoms. The van der Waals surface area contributed by atoms with E-state index in [1.54, 1.807) is 18.2 Å². The van der Waals surface area contributed by atoms with Gasteiger partial charge in [-0.3, -0.25) is 4.79 Å². The third-order valence-corrected chi connectivity index (χ3v) is 2.96. The van der Waals surface area contributed by atoms with Crippen LogP contribution in [0.1, 0.15) is 45.2 Å². The summed E-state index contributed by atoms with van der Waals surface area (Å²) in [5.74, 6) is 0.215. The van der Waals surface area contributed by atoms with Gasteiger partial charge in [-0.1, -0.05) is 19.1 Å². The zero-order chi connectivity index (χ0) is 15.1. The van der Waals surface area contributed by atoms with Gasteiger partial charge in [-0.25, -0.2) is 0 Å². The summed E-state index contributed by atoms with van der Waals surface area (Å²) in [5.41, 5.74) is 2.50. The van der Waals surface area contributed by atoms with Crippen molar-refractivity contribution in [1.29, 1.82) is 0 Å². The van der Waals surface area contributed by atoms with Crippen LogP contribution in [-0.4, -0.2) is 17.6 Å². The molecular formula is C16H24N2O2. The number of hydrogen-bond donors (Lipinski definition) is 3. The van der Waals surface area contributed by atoms with Crippen LogP contribution in [-0.2, 0) is 4.79 Å². The van der Waals surface area contributed by atoms with Gasteiger partial charge in [0, 0.05) is 30.3 Å². The number of hydrogen-bond acceptors (Lipinski definition) is 3. The third-order valence-electron chi connectivity index (χ3n) is 2.96. The van der Waals surface area contributed by atoms with Crippen molar-refractivity contribution in [3.05, 3.63) is 35.9 Å². The van der Waals surface area contributed by atoms with Gasteiger partial charge in [0.25, 0.3) is 0 Å². The fraction of sp³-hybridized carbons (Fsp3) is 0.438. The van der Waals surface area contributed by atoms with Gasteiger partial charge >= 0.3 is 0 Å². The zero-order valence-corrected chi connectivity index (χ0v) is 12.5. The average Bonchev–Trinajstić information content (AvgIpc) is 2.38. The quantitative estimate of drug-likeness (QED) is 0.528. The molecule has 0 radical (unpaired) electrons. The maximum absolute atomic E-state index is 11.6. The van der Waals surface area contributed by atoms with Crippen molar-refractivity contribution in [2.24, 2.45) is 0 Å². The Kier molecular flexibility index (Phi) is 6.25. The van der Waals surface area contributed by atoms with Gasteiger partial charge < -0.3 is 15.7 Å². The highest BCUT2D eigenvalue weighted by molar-refractivity contribution is 5.90. The molecule has 1 unspecified atom stereocenters. The van der Waals surface area contributed by atoms with Crippen LogP contribution in [0.4, 0.5) is 5.69 Å². The van der Waals surface area contributed by atoms with Crippen molar-refractivity contribution >= 4 is 11.6 Å². The van der Waals surface area contributed by atoms with Crippen LogP contribution in [0, 0.1) is 0 Å². The molecule has 0 saturated carbocycles. The molecule has 1 aromatic carbocycles. The van der Waals surface area contributed by atoms with Gasteiger partial charge in [0.05, 0.1) is 0 Å². The minimum Gasteiger partial charge on any atom is -0.508 e. The zero-order valence-electron chi connectivity index (χ0n) is 12.5. The highest BCUT2D eigenvalue weighted by Crippen LogP contribution is 2.27. The number of phenolic OH excluding ortho intramolecular Hbond substituents is 1. The summed E-state index contributed by atoms with van der Waals surface area (Å²) < 4.78 is 0. The molecule has 1 aromatic rings. The van der Waals surface area contributed by atoms with Gasteiger partial charge in [-0.05, 0) is 38.5 Å². The molecule has 0 saturated heterocycles. The summed E-state index contributed by atoms with van der Waals surface area (Å²) in [4.78, 5) is 11.6. The lowest BCUT2D eigenvalue weighted by molar-refractivity contribution is -0.116. The number of nitrogens with one attached hydrogen (secondary N) is 2. The predicted molar refractivity (Wildman–Crippen MR) is 82.9 cm³/mol. The van der Waals surface area contributed by atoms with Crippen molar-refractivity contribution in [2.45, 2.75) is 39.7 Å². The minimum atomic E-state index is -0.0188. The van der Waals surface area contributed by atoms with Crippen LogP contribution < -0.4 is 10.6 Å². The average molecular weight is 276 g/mol. The van der Waals surface area contributed by atoms with Gasteiger partial charge in [0.15, 0.2) is 0 Å². The summed E-state index contributed by atoms with van der Waals surface area (Å²) in [6.45, 7) is 10.4. The molecule has 4 heteroatoms. The lowest BCUT2D eigenvalue weighted by Crippen LogP contribution is -2.20. The second kappa shape index (κ2) is 7.70. The molecule has 0 fully saturated rings. The Balaban J connectivity index is 2.80. The number of amides is 1. The van der Waals surface area contributed by atoms with Gasteiger partial charge in [-0.15, -0.1) is 0 Å². The lowest BCUT2D eigenvalue weighted by atomic mass is 10.1. The van der Waals surface area contributed by atoms with Crippen molar-refractivity contribution in [3.63, 3.8) is 0 Å². The second-order valence-corrected chi connectivity index (χ2v) is 5.13. The van der Waals surface area contributed by atoms with Crippen LogP contribution in [0.15, 0.2) is 30.4 Å². The van der Waals surface area contributed by atoms with E-state index in [9.17, 15) is 9.90 Å². The molecule has 0 aliphatic carbocycles. The Morgan fingerprint density at radius 3 is 2.75 bits per heavy atom. The molecule has 4 nitrogen and oxygen atoms in total. The van der Waals surface area contributed by atoms with Crippen LogP contribution in [0.2, 0.25) is 0 Å². The number of phenols is 1. The molecule has 110 valence electrons. The van der Waals surface area contributed by atoms with E-state index in [0.717, 1.165) is 17.6 Å². The van der Waals surface area contributed by atoms with Crippen LogP contribution >= 0.6 is 0 Å². The molecule has 20 heavy (non-hydrogen) atoms. The Bertz CT molecular complexity index is 483. The molecule has 0 aromatic heterocycles. The number of anilines is 1. The summed E-state index contributed by atoms with van der Waals surface area (Å²) in [6.07, 6.45) is 1.31. The maximum atomic E-state index is 11.6. The molecule has 0 bridgehead atoms. The van der Waals surface area contributed by atoms with E-state index in [0.29, 0.717) is 18.7 Å². The SMILES string of the molecule is C=C(C)CNC(C)c1cc(NC(=O)CCC)ccc1O. The highest BCUT2D eigenvalue weighted by Gasteiger charge is 2.11. The monoisotopic (exact) mass is 276 g/mol. The van der Waals surface area contributed by atoms with E-state index in [2.05, 4.69) is 17.2 Å². The van der Waals surface area contributed by atoms with E-state index < -0.39 is 0 Å². The van der Waals surface area contributed by atoms with Gasteiger partial charge in [0.1, 0.15) is 5.75 Å². The molecule has 0 heterocycles.